The van der Waals surface area contributed by atoms with Crippen molar-refractivity contribution in [3.63, 3.8) is 0 Å². The highest BCUT2D eigenvalue weighted by molar-refractivity contribution is 6.25. The Hall–Kier alpha value is -4.56. The summed E-state index contributed by atoms with van der Waals surface area (Å²) in [4.78, 5) is 40.5. The van der Waals surface area contributed by atoms with Crippen molar-refractivity contribution in [3.05, 3.63) is 46.5 Å². The largest absolute Gasteiger partial charge is 0.543 e. The topological polar surface area (TPSA) is 203 Å². The number of rotatable bonds is 10. The highest BCUT2D eigenvalue weighted by atomic mass is 16.5. The number of quaternary nitrogens is 2. The molecular formula is C32H44N2O12. The Balaban J connectivity index is 0.000000273. The lowest BCUT2D eigenvalue weighted by atomic mass is 9.91. The minimum atomic E-state index is -2.19. The van der Waals surface area contributed by atoms with Crippen molar-refractivity contribution in [1.29, 1.82) is 0 Å². The summed E-state index contributed by atoms with van der Waals surface area (Å²) in [7, 11) is 9.42. The highest BCUT2D eigenvalue weighted by Crippen LogP contribution is 2.36. The molecule has 46 heavy (non-hydrogen) atoms. The average Bonchev–Trinajstić information content (AvgIpc) is 3.08. The van der Waals surface area contributed by atoms with Gasteiger partial charge < -0.3 is 58.9 Å². The molecule has 0 aromatic heterocycles. The minimum absolute atomic E-state index is 0.161. The number of benzene rings is 2. The Kier molecular flexibility index (Phi) is 15.6. The first-order valence-electron chi connectivity index (χ1n) is 14.7. The fourth-order valence-corrected chi connectivity index (χ4v) is 5.43. The molecule has 4 N–H and O–H groups in total. The van der Waals surface area contributed by atoms with E-state index in [1.165, 1.54) is 36.5 Å². The van der Waals surface area contributed by atoms with E-state index in [1.807, 2.05) is 24.3 Å². The first-order chi connectivity index (χ1) is 22.0. The van der Waals surface area contributed by atoms with Gasteiger partial charge in [-0.1, -0.05) is 0 Å². The van der Waals surface area contributed by atoms with Gasteiger partial charge in [-0.05, 0) is 35.4 Å². The fourth-order valence-electron chi connectivity index (χ4n) is 5.43. The van der Waals surface area contributed by atoms with E-state index >= 15 is 0 Å². The van der Waals surface area contributed by atoms with Gasteiger partial charge in [0.05, 0.1) is 80.5 Å². The van der Waals surface area contributed by atoms with Gasteiger partial charge >= 0.3 is 11.9 Å². The van der Waals surface area contributed by atoms with Crippen LogP contribution in [0.25, 0.3) is 0 Å². The molecule has 0 amide bonds. The van der Waals surface area contributed by atoms with Crippen molar-refractivity contribution in [1.82, 2.24) is 0 Å². The standard InChI is InChI=1S/2C15H21NO4.C2H2O4/c2*1-18-13-8-10-6-7-16-12(4-5-15(17)20-3)11(10)9-14(13)19-2;3-1(4)2(5)6/h2*8-9,12,16H,4-7H2,1-3H3;(H,3,4)(H,5,6). The molecule has 0 radical (unpaired) electrons. The Morgan fingerprint density at radius 2 is 0.935 bits per heavy atom. The van der Waals surface area contributed by atoms with Gasteiger partial charge in [-0.2, -0.15) is 0 Å². The Morgan fingerprint density at radius 1 is 0.609 bits per heavy atom. The van der Waals surface area contributed by atoms with Crippen molar-refractivity contribution in [2.75, 3.05) is 55.7 Å². The fraction of sp³-hybridized carbons (Fsp3) is 0.500. The van der Waals surface area contributed by atoms with Crippen LogP contribution in [0.15, 0.2) is 24.3 Å². The summed E-state index contributed by atoms with van der Waals surface area (Å²) < 4.78 is 30.8. The number of esters is 2. The van der Waals surface area contributed by atoms with E-state index in [0.29, 0.717) is 12.8 Å². The number of methoxy groups -OCH3 is 6. The Morgan fingerprint density at radius 3 is 1.22 bits per heavy atom. The molecule has 2 aliphatic heterocycles. The number of carbonyl (C=O) groups is 4. The quantitative estimate of drug-likeness (QED) is 0.215. The van der Waals surface area contributed by atoms with Crippen LogP contribution in [0, 0.1) is 0 Å². The van der Waals surface area contributed by atoms with Gasteiger partial charge in [0, 0.05) is 36.8 Å². The summed E-state index contributed by atoms with van der Waals surface area (Å²) in [5.41, 5.74) is 5.02. The molecule has 2 atom stereocenters. The first-order valence-corrected chi connectivity index (χ1v) is 14.7. The van der Waals surface area contributed by atoms with Crippen molar-refractivity contribution < 1.29 is 68.4 Å². The highest BCUT2D eigenvalue weighted by Gasteiger charge is 2.27. The number of aliphatic carboxylic acids is 2. The summed E-state index contributed by atoms with van der Waals surface area (Å²) in [6.07, 6.45) is 4.43. The summed E-state index contributed by atoms with van der Waals surface area (Å²) in [6, 6.07) is 8.71. The van der Waals surface area contributed by atoms with E-state index < -0.39 is 11.9 Å². The van der Waals surface area contributed by atoms with Crippen LogP contribution < -0.4 is 39.8 Å². The van der Waals surface area contributed by atoms with Crippen molar-refractivity contribution in [2.24, 2.45) is 0 Å². The smallest absolute Gasteiger partial charge is 0.305 e. The van der Waals surface area contributed by atoms with E-state index in [4.69, 9.17) is 48.2 Å². The normalized spacial score (nSPS) is 16.0. The second-order valence-electron chi connectivity index (χ2n) is 10.4. The van der Waals surface area contributed by atoms with Gasteiger partial charge in [0.2, 0.25) is 0 Å². The number of carbonyl (C=O) groups excluding carboxylic acids is 4. The van der Waals surface area contributed by atoms with Crippen molar-refractivity contribution in [3.8, 4) is 23.0 Å². The minimum Gasteiger partial charge on any atom is -0.543 e. The molecule has 0 spiro atoms. The molecule has 14 nitrogen and oxygen atoms in total. The summed E-state index contributed by atoms with van der Waals surface area (Å²) >= 11 is 0. The Labute approximate surface area is 268 Å². The molecule has 0 saturated heterocycles. The number of nitrogens with two attached hydrogens (primary N) is 2. The Bertz CT molecular complexity index is 1250. The van der Waals surface area contributed by atoms with Gasteiger partial charge in [0.1, 0.15) is 12.1 Å². The average molecular weight is 649 g/mol. The second-order valence-corrected chi connectivity index (χ2v) is 10.4. The lowest BCUT2D eigenvalue weighted by Gasteiger charge is -2.25. The van der Waals surface area contributed by atoms with Crippen LogP contribution in [0.4, 0.5) is 0 Å². The third-order valence-electron chi connectivity index (χ3n) is 7.76. The van der Waals surface area contributed by atoms with E-state index in [2.05, 4.69) is 10.6 Å². The zero-order valence-corrected chi connectivity index (χ0v) is 27.2. The van der Waals surface area contributed by atoms with Crippen LogP contribution in [-0.2, 0) is 41.5 Å². The second kappa shape index (κ2) is 19.1. The lowest BCUT2D eigenvalue weighted by molar-refractivity contribution is -0.699. The van der Waals surface area contributed by atoms with Crippen LogP contribution in [0.2, 0.25) is 0 Å². The van der Waals surface area contributed by atoms with Gasteiger partial charge in [-0.3, -0.25) is 9.59 Å². The summed E-state index contributed by atoms with van der Waals surface area (Å²) in [6.45, 7) is 2.04. The maximum atomic E-state index is 11.3. The molecular weight excluding hydrogens is 604 g/mol. The summed E-state index contributed by atoms with van der Waals surface area (Å²) in [5.74, 6) is -1.68. The molecule has 2 heterocycles. The molecule has 2 unspecified atom stereocenters. The molecule has 0 fully saturated rings. The van der Waals surface area contributed by atoms with Crippen LogP contribution in [0.3, 0.4) is 0 Å². The van der Waals surface area contributed by atoms with Gasteiger partial charge in [-0.25, -0.2) is 0 Å². The van der Waals surface area contributed by atoms with Crippen LogP contribution in [0.5, 0.6) is 23.0 Å². The molecule has 254 valence electrons. The zero-order chi connectivity index (χ0) is 34.2. The first kappa shape index (κ1) is 37.6. The van der Waals surface area contributed by atoms with Crippen molar-refractivity contribution in [2.45, 2.75) is 50.6 Å². The molecule has 2 aromatic rings. The molecule has 2 aliphatic rings. The summed E-state index contributed by atoms with van der Waals surface area (Å²) in [5, 5.41) is 22.4. The maximum absolute atomic E-state index is 11.3. The molecule has 2 aromatic carbocycles. The van der Waals surface area contributed by atoms with Crippen LogP contribution in [0.1, 0.15) is 60.0 Å². The number of hydrogen-bond donors (Lipinski definition) is 2. The maximum Gasteiger partial charge on any atom is 0.305 e. The van der Waals surface area contributed by atoms with E-state index in [1.54, 1.807) is 28.4 Å². The number of carboxylic acid groups (broad SMARTS) is 2. The van der Waals surface area contributed by atoms with Gasteiger partial charge in [0.15, 0.2) is 23.0 Å². The number of fused-ring (bicyclic) bond motifs is 2. The van der Waals surface area contributed by atoms with Crippen LogP contribution in [-0.4, -0.2) is 79.6 Å². The molecule has 0 saturated carbocycles. The zero-order valence-electron chi connectivity index (χ0n) is 27.2. The number of hydrogen-bond acceptors (Lipinski definition) is 12. The van der Waals surface area contributed by atoms with Crippen LogP contribution >= 0.6 is 0 Å². The SMILES string of the molecule is COC(=O)CCC1[NH2+]CCc2cc(OC)c(OC)cc21.COC(=O)CCC1[NH2+]CCc2cc(OC)c(OC)cc21.O=C([O-])C(=O)[O-]. The molecule has 4 rings (SSSR count). The third-order valence-corrected chi connectivity index (χ3v) is 7.76. The van der Waals surface area contributed by atoms with E-state index in [-0.39, 0.29) is 24.0 Å². The predicted molar refractivity (Wildman–Crippen MR) is 158 cm³/mol. The molecule has 0 aliphatic carbocycles. The molecule has 14 heteroatoms. The van der Waals surface area contributed by atoms with Gasteiger partial charge in [-0.15, -0.1) is 0 Å². The van der Waals surface area contributed by atoms with E-state index in [0.717, 1.165) is 61.8 Å². The molecule has 0 bridgehead atoms. The van der Waals surface area contributed by atoms with Crippen molar-refractivity contribution >= 4 is 23.9 Å². The third kappa shape index (κ3) is 10.8. The number of carboxylic acids is 2. The van der Waals surface area contributed by atoms with Gasteiger partial charge in [0.25, 0.3) is 0 Å². The van der Waals surface area contributed by atoms with E-state index in [9.17, 15) is 9.59 Å². The lowest BCUT2D eigenvalue weighted by Crippen LogP contribution is -2.87. The predicted octanol–water partition coefficient (Wildman–Crippen LogP) is -1.88. The monoisotopic (exact) mass is 648 g/mol. The number of ether oxygens (including phenoxy) is 6.